The van der Waals surface area contributed by atoms with E-state index in [0.29, 0.717) is 19.1 Å². The summed E-state index contributed by atoms with van der Waals surface area (Å²) in [6, 6.07) is 0. The zero-order valence-corrected chi connectivity index (χ0v) is 14.4. The minimum absolute atomic E-state index is 0.199. The highest BCUT2D eigenvalue weighted by Crippen LogP contribution is 2.05. The first-order chi connectivity index (χ1) is 10.6. The number of hydrogen-bond donors (Lipinski definition) is 0. The minimum atomic E-state index is -0.440. The Bertz CT molecular complexity index is 289. The number of unbranched alkanes of at least 4 members (excludes halogenated alkanes) is 5. The molecule has 22 heavy (non-hydrogen) atoms. The van der Waals surface area contributed by atoms with Crippen molar-refractivity contribution in [2.24, 2.45) is 5.92 Å². The van der Waals surface area contributed by atoms with Crippen LogP contribution in [-0.4, -0.2) is 38.4 Å². The molecule has 0 bridgehead atoms. The van der Waals surface area contributed by atoms with Crippen molar-refractivity contribution in [1.29, 1.82) is 0 Å². The van der Waals surface area contributed by atoms with Gasteiger partial charge in [-0.1, -0.05) is 52.9 Å². The normalized spacial score (nSPS) is 10.7. The lowest BCUT2D eigenvalue weighted by atomic mass is 10.1. The monoisotopic (exact) mass is 316 g/mol. The summed E-state index contributed by atoms with van der Waals surface area (Å²) < 4.78 is 15.0. The van der Waals surface area contributed by atoms with E-state index in [4.69, 9.17) is 14.2 Å². The summed E-state index contributed by atoms with van der Waals surface area (Å²) in [5.74, 6) is -0.376. The van der Waals surface area contributed by atoms with Crippen LogP contribution in [0.15, 0.2) is 0 Å². The van der Waals surface area contributed by atoms with Gasteiger partial charge in [-0.05, 0) is 18.8 Å². The van der Waals surface area contributed by atoms with E-state index in [9.17, 15) is 9.59 Å². The molecule has 5 heteroatoms. The van der Waals surface area contributed by atoms with Crippen LogP contribution < -0.4 is 0 Å². The van der Waals surface area contributed by atoms with Crippen LogP contribution in [0, 0.1) is 5.92 Å². The van der Waals surface area contributed by atoms with Crippen LogP contribution in [0.4, 0.5) is 0 Å². The Morgan fingerprint density at radius 2 is 1.36 bits per heavy atom. The highest BCUT2D eigenvalue weighted by Gasteiger charge is 2.07. The van der Waals surface area contributed by atoms with Gasteiger partial charge in [-0.15, -0.1) is 0 Å². The number of rotatable bonds is 14. The Hall–Kier alpha value is -1.10. The zero-order chi connectivity index (χ0) is 16.6. The molecule has 0 unspecified atom stereocenters. The van der Waals surface area contributed by atoms with Gasteiger partial charge in [0.05, 0.1) is 13.2 Å². The van der Waals surface area contributed by atoms with Crippen LogP contribution in [0.25, 0.3) is 0 Å². The van der Waals surface area contributed by atoms with Crippen molar-refractivity contribution in [3.63, 3.8) is 0 Å². The molecule has 0 rings (SSSR count). The second-order valence-electron chi connectivity index (χ2n) is 5.88. The van der Waals surface area contributed by atoms with Crippen LogP contribution in [0.5, 0.6) is 0 Å². The van der Waals surface area contributed by atoms with Gasteiger partial charge < -0.3 is 14.2 Å². The molecule has 0 amide bonds. The third-order valence-electron chi connectivity index (χ3n) is 3.16. The van der Waals surface area contributed by atoms with Gasteiger partial charge in [0.2, 0.25) is 0 Å². The number of carbonyl (C=O) groups is 2. The Kier molecular flexibility index (Phi) is 14.1. The van der Waals surface area contributed by atoms with Crippen LogP contribution in [0.1, 0.15) is 65.7 Å². The molecule has 0 aliphatic rings. The molecule has 0 fully saturated rings. The second kappa shape index (κ2) is 14.8. The van der Waals surface area contributed by atoms with Gasteiger partial charge in [0.1, 0.15) is 13.2 Å². The van der Waals surface area contributed by atoms with Gasteiger partial charge in [-0.2, -0.15) is 0 Å². The maximum atomic E-state index is 11.4. The van der Waals surface area contributed by atoms with E-state index >= 15 is 0 Å². The van der Waals surface area contributed by atoms with Crippen molar-refractivity contribution in [2.75, 3.05) is 26.4 Å². The molecule has 0 aromatic carbocycles. The lowest BCUT2D eigenvalue weighted by molar-refractivity contribution is -0.155. The molecular formula is C17H32O5. The van der Waals surface area contributed by atoms with Crippen molar-refractivity contribution in [2.45, 2.75) is 65.7 Å². The summed E-state index contributed by atoms with van der Waals surface area (Å²) in [4.78, 5) is 22.7. The number of ether oxygens (including phenoxy) is 3. The lowest BCUT2D eigenvalue weighted by Crippen LogP contribution is -2.19. The van der Waals surface area contributed by atoms with Crippen molar-refractivity contribution < 1.29 is 23.8 Å². The van der Waals surface area contributed by atoms with Gasteiger partial charge in [-0.25, -0.2) is 9.59 Å². The smallest absolute Gasteiger partial charge is 0.332 e. The topological polar surface area (TPSA) is 61.8 Å². The fourth-order valence-electron chi connectivity index (χ4n) is 1.78. The molecule has 0 atom stereocenters. The fourth-order valence-corrected chi connectivity index (χ4v) is 1.78. The van der Waals surface area contributed by atoms with Gasteiger partial charge >= 0.3 is 11.9 Å². The average molecular weight is 316 g/mol. The predicted octanol–water partition coefficient (Wildman–Crippen LogP) is 3.50. The van der Waals surface area contributed by atoms with E-state index in [0.717, 1.165) is 19.3 Å². The third kappa shape index (κ3) is 15.3. The number of esters is 2. The first-order valence-corrected chi connectivity index (χ1v) is 8.45. The van der Waals surface area contributed by atoms with Gasteiger partial charge in [0.25, 0.3) is 0 Å². The Morgan fingerprint density at radius 1 is 0.818 bits per heavy atom. The quantitative estimate of drug-likeness (QED) is 0.362. The average Bonchev–Trinajstić information content (AvgIpc) is 2.46. The molecule has 0 aromatic heterocycles. The Balaban J connectivity index is 3.36. The summed E-state index contributed by atoms with van der Waals surface area (Å²) in [6.45, 7) is 6.71. The molecular weight excluding hydrogens is 284 g/mol. The van der Waals surface area contributed by atoms with Crippen LogP contribution >= 0.6 is 0 Å². The maximum absolute atomic E-state index is 11.4. The predicted molar refractivity (Wildman–Crippen MR) is 85.6 cm³/mol. The molecule has 0 radical (unpaired) electrons. The second-order valence-corrected chi connectivity index (χ2v) is 5.88. The molecule has 0 N–H and O–H groups in total. The molecule has 0 aliphatic heterocycles. The first-order valence-electron chi connectivity index (χ1n) is 8.45. The minimum Gasteiger partial charge on any atom is -0.464 e. The molecule has 0 aromatic rings. The van der Waals surface area contributed by atoms with Crippen molar-refractivity contribution in [1.82, 2.24) is 0 Å². The molecule has 0 spiro atoms. The fraction of sp³-hybridized carbons (Fsp3) is 0.882. The van der Waals surface area contributed by atoms with E-state index in [-0.39, 0.29) is 13.2 Å². The molecule has 0 saturated heterocycles. The first kappa shape index (κ1) is 20.9. The summed E-state index contributed by atoms with van der Waals surface area (Å²) in [5.41, 5.74) is 0. The molecule has 0 saturated carbocycles. The summed E-state index contributed by atoms with van der Waals surface area (Å²) in [7, 11) is 0. The van der Waals surface area contributed by atoms with Crippen LogP contribution in [0.2, 0.25) is 0 Å². The Labute approximate surface area is 134 Å². The van der Waals surface area contributed by atoms with Crippen molar-refractivity contribution >= 4 is 11.9 Å². The van der Waals surface area contributed by atoms with Gasteiger partial charge in [-0.3, -0.25) is 0 Å². The Morgan fingerprint density at radius 3 is 1.95 bits per heavy atom. The van der Waals surface area contributed by atoms with E-state index in [1.54, 1.807) is 0 Å². The zero-order valence-electron chi connectivity index (χ0n) is 14.4. The third-order valence-corrected chi connectivity index (χ3v) is 3.16. The van der Waals surface area contributed by atoms with Crippen molar-refractivity contribution in [3.05, 3.63) is 0 Å². The SMILES string of the molecule is CCCCCCCCOC(=O)COCC(=O)OCCC(C)C. The number of hydrogen-bond acceptors (Lipinski definition) is 5. The van der Waals surface area contributed by atoms with Crippen LogP contribution in [-0.2, 0) is 23.8 Å². The summed E-state index contributed by atoms with van der Waals surface area (Å²) in [5, 5.41) is 0. The van der Waals surface area contributed by atoms with Gasteiger partial charge in [0.15, 0.2) is 0 Å². The largest absolute Gasteiger partial charge is 0.464 e. The molecule has 130 valence electrons. The van der Waals surface area contributed by atoms with Crippen molar-refractivity contribution in [3.8, 4) is 0 Å². The van der Waals surface area contributed by atoms with E-state index in [2.05, 4.69) is 20.8 Å². The highest BCUT2D eigenvalue weighted by atomic mass is 16.6. The lowest BCUT2D eigenvalue weighted by Gasteiger charge is -2.07. The molecule has 0 heterocycles. The summed E-state index contributed by atoms with van der Waals surface area (Å²) >= 11 is 0. The van der Waals surface area contributed by atoms with Gasteiger partial charge in [0, 0.05) is 0 Å². The van der Waals surface area contributed by atoms with E-state index in [1.165, 1.54) is 25.7 Å². The highest BCUT2D eigenvalue weighted by molar-refractivity contribution is 5.73. The maximum Gasteiger partial charge on any atom is 0.332 e. The van der Waals surface area contributed by atoms with E-state index in [1.807, 2.05) is 0 Å². The summed E-state index contributed by atoms with van der Waals surface area (Å²) in [6.07, 6.45) is 7.71. The molecule has 5 nitrogen and oxygen atoms in total. The number of carbonyl (C=O) groups excluding carboxylic acids is 2. The van der Waals surface area contributed by atoms with Crippen LogP contribution in [0.3, 0.4) is 0 Å². The standard InChI is InChI=1S/C17H32O5/c1-4-5-6-7-8-9-11-21-16(18)13-20-14-17(19)22-12-10-15(2)3/h15H,4-14H2,1-3H3. The molecule has 0 aliphatic carbocycles. The van der Waals surface area contributed by atoms with E-state index < -0.39 is 11.9 Å².